The van der Waals surface area contributed by atoms with Crippen LogP contribution in [0.1, 0.15) is 11.5 Å². The van der Waals surface area contributed by atoms with E-state index in [1.54, 1.807) is 6.07 Å². The number of hydrogen-bond acceptors (Lipinski definition) is 4. The molecule has 0 aliphatic heterocycles. The van der Waals surface area contributed by atoms with Crippen molar-refractivity contribution < 1.29 is 9.63 Å². The van der Waals surface area contributed by atoms with Crippen molar-refractivity contribution in [3.05, 3.63) is 17.5 Å². The summed E-state index contributed by atoms with van der Waals surface area (Å²) in [6.45, 7) is 0.233. The van der Waals surface area contributed by atoms with Gasteiger partial charge in [0, 0.05) is 12.6 Å². The highest BCUT2D eigenvalue weighted by molar-refractivity contribution is 5.03. The number of aliphatic hydroxyl groups excluding tert-OH is 1. The number of nitrogens with zero attached hydrogens (tertiary/aromatic N) is 1. The molecule has 3 N–H and O–H groups in total. The molecule has 0 atom stereocenters. The second-order valence-corrected chi connectivity index (χ2v) is 1.65. The number of hydrogen-bond donors (Lipinski definition) is 2. The number of nitrogens with two attached hydrogens (primary N) is 1. The predicted octanol–water partition coefficient (Wildman–Crippen LogP) is -0.374. The first-order valence-corrected chi connectivity index (χ1v) is 2.62. The van der Waals surface area contributed by atoms with Gasteiger partial charge in [-0.1, -0.05) is 5.16 Å². The fourth-order valence-corrected chi connectivity index (χ4v) is 0.526. The van der Waals surface area contributed by atoms with Gasteiger partial charge in [-0.15, -0.1) is 0 Å². The van der Waals surface area contributed by atoms with E-state index in [2.05, 4.69) is 9.68 Å². The van der Waals surface area contributed by atoms with Gasteiger partial charge in [-0.05, 0) is 0 Å². The molecule has 0 aromatic carbocycles. The zero-order valence-corrected chi connectivity index (χ0v) is 4.87. The first-order valence-electron chi connectivity index (χ1n) is 2.62. The first-order chi connectivity index (χ1) is 4.36. The molecule has 9 heavy (non-hydrogen) atoms. The molecule has 1 heterocycles. The predicted molar refractivity (Wildman–Crippen MR) is 30.3 cm³/mol. The highest BCUT2D eigenvalue weighted by atomic mass is 16.5. The van der Waals surface area contributed by atoms with Crippen LogP contribution in [0.2, 0.25) is 0 Å². The van der Waals surface area contributed by atoms with Crippen LogP contribution in [0.3, 0.4) is 0 Å². The van der Waals surface area contributed by atoms with E-state index < -0.39 is 0 Å². The van der Waals surface area contributed by atoms with Crippen molar-refractivity contribution in [2.75, 3.05) is 0 Å². The molecule has 0 aliphatic carbocycles. The second kappa shape index (κ2) is 2.61. The molecule has 0 amide bonds. The number of aliphatic hydroxyl groups is 1. The summed E-state index contributed by atoms with van der Waals surface area (Å²) in [6, 6.07) is 1.62. The van der Waals surface area contributed by atoms with E-state index in [1.807, 2.05) is 0 Å². The van der Waals surface area contributed by atoms with Crippen molar-refractivity contribution in [1.29, 1.82) is 0 Å². The molecule has 1 aromatic rings. The summed E-state index contributed by atoms with van der Waals surface area (Å²) in [4.78, 5) is 0. The van der Waals surface area contributed by atoms with Crippen LogP contribution < -0.4 is 5.73 Å². The van der Waals surface area contributed by atoms with Gasteiger partial charge in [0.1, 0.15) is 6.61 Å². The molecule has 0 fully saturated rings. The Labute approximate surface area is 52.3 Å². The Balaban J connectivity index is 2.74. The molecule has 0 saturated heterocycles. The zero-order chi connectivity index (χ0) is 6.69. The van der Waals surface area contributed by atoms with Gasteiger partial charge in [0.15, 0.2) is 5.76 Å². The first kappa shape index (κ1) is 6.25. The van der Waals surface area contributed by atoms with E-state index in [9.17, 15) is 0 Å². The number of aromatic nitrogens is 1. The average molecular weight is 128 g/mol. The lowest BCUT2D eigenvalue weighted by Gasteiger charge is -1.78. The van der Waals surface area contributed by atoms with Gasteiger partial charge >= 0.3 is 0 Å². The normalized spacial score (nSPS) is 10.0. The molecule has 1 rings (SSSR count). The molecular weight excluding hydrogens is 120 g/mol. The minimum atomic E-state index is -0.118. The molecule has 0 bridgehead atoms. The van der Waals surface area contributed by atoms with Crippen molar-refractivity contribution in [3.63, 3.8) is 0 Å². The van der Waals surface area contributed by atoms with Crippen molar-refractivity contribution >= 4 is 0 Å². The van der Waals surface area contributed by atoms with Crippen LogP contribution >= 0.6 is 0 Å². The van der Waals surface area contributed by atoms with E-state index >= 15 is 0 Å². The molecule has 0 aliphatic rings. The Hall–Kier alpha value is -0.870. The van der Waals surface area contributed by atoms with Crippen molar-refractivity contribution in [3.8, 4) is 0 Å². The lowest BCUT2D eigenvalue weighted by atomic mass is 10.4. The molecule has 0 saturated carbocycles. The molecular formula is C5H8N2O2. The monoisotopic (exact) mass is 128 g/mol. The van der Waals surface area contributed by atoms with Gasteiger partial charge < -0.3 is 15.4 Å². The SMILES string of the molecule is NCc1cc(CO)on1. The largest absolute Gasteiger partial charge is 0.388 e. The summed E-state index contributed by atoms with van der Waals surface area (Å²) in [5, 5.41) is 12.0. The Morgan fingerprint density at radius 3 is 2.89 bits per heavy atom. The van der Waals surface area contributed by atoms with E-state index in [0.717, 1.165) is 0 Å². The highest BCUT2D eigenvalue weighted by Crippen LogP contribution is 2.00. The second-order valence-electron chi connectivity index (χ2n) is 1.65. The van der Waals surface area contributed by atoms with Crippen molar-refractivity contribution in [2.24, 2.45) is 5.73 Å². The summed E-state index contributed by atoms with van der Waals surface area (Å²) in [5.74, 6) is 0.454. The maximum atomic E-state index is 8.47. The third-order valence-corrected chi connectivity index (χ3v) is 0.973. The molecule has 4 heteroatoms. The maximum Gasteiger partial charge on any atom is 0.162 e. The van der Waals surface area contributed by atoms with Crippen LogP contribution in [-0.2, 0) is 13.2 Å². The van der Waals surface area contributed by atoms with Crippen LogP contribution in [0.15, 0.2) is 10.6 Å². The van der Waals surface area contributed by atoms with Gasteiger partial charge in [0.05, 0.1) is 5.69 Å². The Morgan fingerprint density at radius 2 is 2.56 bits per heavy atom. The third kappa shape index (κ3) is 1.28. The summed E-state index contributed by atoms with van der Waals surface area (Å²) in [7, 11) is 0. The van der Waals surface area contributed by atoms with Gasteiger partial charge in [-0.2, -0.15) is 0 Å². The number of rotatable bonds is 2. The van der Waals surface area contributed by atoms with Crippen LogP contribution in [0, 0.1) is 0 Å². The molecule has 50 valence electrons. The fraction of sp³-hybridized carbons (Fsp3) is 0.400. The fourth-order valence-electron chi connectivity index (χ4n) is 0.526. The van der Waals surface area contributed by atoms with E-state index in [0.29, 0.717) is 18.0 Å². The zero-order valence-electron chi connectivity index (χ0n) is 4.87. The Kier molecular flexibility index (Phi) is 1.81. The average Bonchev–Trinajstić information content (AvgIpc) is 2.34. The van der Waals surface area contributed by atoms with Gasteiger partial charge in [-0.3, -0.25) is 0 Å². The lowest BCUT2D eigenvalue weighted by Crippen LogP contribution is -1.94. The van der Waals surface area contributed by atoms with E-state index in [-0.39, 0.29) is 6.61 Å². The molecule has 0 radical (unpaired) electrons. The minimum Gasteiger partial charge on any atom is -0.388 e. The van der Waals surface area contributed by atoms with E-state index in [4.69, 9.17) is 10.8 Å². The van der Waals surface area contributed by atoms with Crippen LogP contribution in [-0.4, -0.2) is 10.3 Å². The quantitative estimate of drug-likeness (QED) is 0.569. The Bertz CT molecular complexity index is 166. The van der Waals surface area contributed by atoms with Gasteiger partial charge in [-0.25, -0.2) is 0 Å². The summed E-state index contributed by atoms with van der Waals surface area (Å²) in [5.41, 5.74) is 5.88. The highest BCUT2D eigenvalue weighted by Gasteiger charge is 1.98. The summed E-state index contributed by atoms with van der Waals surface area (Å²) >= 11 is 0. The van der Waals surface area contributed by atoms with Crippen LogP contribution in [0.25, 0.3) is 0 Å². The van der Waals surface area contributed by atoms with Gasteiger partial charge in [0.25, 0.3) is 0 Å². The van der Waals surface area contributed by atoms with Crippen molar-refractivity contribution in [1.82, 2.24) is 5.16 Å². The van der Waals surface area contributed by atoms with Crippen LogP contribution in [0.4, 0.5) is 0 Å². The standard InChI is InChI=1S/C5H8N2O2/c6-2-4-1-5(3-8)9-7-4/h1,8H,2-3,6H2. The van der Waals surface area contributed by atoms with Crippen LogP contribution in [0.5, 0.6) is 0 Å². The van der Waals surface area contributed by atoms with E-state index in [1.165, 1.54) is 0 Å². The van der Waals surface area contributed by atoms with Crippen molar-refractivity contribution in [2.45, 2.75) is 13.2 Å². The molecule has 1 aromatic heterocycles. The molecule has 0 unspecified atom stereocenters. The third-order valence-electron chi connectivity index (χ3n) is 0.973. The maximum absolute atomic E-state index is 8.47. The Morgan fingerprint density at radius 1 is 1.78 bits per heavy atom. The smallest absolute Gasteiger partial charge is 0.162 e. The molecule has 0 spiro atoms. The lowest BCUT2D eigenvalue weighted by molar-refractivity contribution is 0.228. The molecule has 4 nitrogen and oxygen atoms in total. The summed E-state index contributed by atoms with van der Waals surface area (Å²) < 4.78 is 4.62. The topological polar surface area (TPSA) is 72.3 Å². The summed E-state index contributed by atoms with van der Waals surface area (Å²) in [6.07, 6.45) is 0. The minimum absolute atomic E-state index is 0.118. The van der Waals surface area contributed by atoms with Gasteiger partial charge in [0.2, 0.25) is 0 Å².